The molecule has 18 heavy (non-hydrogen) atoms. The first-order valence-corrected chi connectivity index (χ1v) is 7.01. The van der Waals surface area contributed by atoms with E-state index in [9.17, 15) is 0 Å². The summed E-state index contributed by atoms with van der Waals surface area (Å²) in [6, 6.07) is 16.9. The fourth-order valence-corrected chi connectivity index (χ4v) is 2.61. The van der Waals surface area contributed by atoms with Gasteiger partial charge in [0.15, 0.2) is 0 Å². The number of halogens is 1. The Balaban J connectivity index is 2.03. The Hall–Kier alpha value is -1.12. The second-order valence-electron chi connectivity index (χ2n) is 4.66. The molecule has 0 aliphatic carbocycles. The minimum Gasteiger partial charge on any atom is -0.324 e. The molecule has 0 saturated carbocycles. The number of nitrogens with two attached hydrogens (primary N) is 1. The summed E-state index contributed by atoms with van der Waals surface area (Å²) in [7, 11) is 0. The molecular weight excluding hydrogens is 286 g/mol. The van der Waals surface area contributed by atoms with Crippen LogP contribution < -0.4 is 5.73 Å². The fraction of sp³-hybridized carbons (Fsp3) is 0.250. The SMILES string of the molecule is Cc1ccc(Br)c(C(N)CCc2ccccc2)c1. The molecule has 0 amide bonds. The predicted molar refractivity (Wildman–Crippen MR) is 80.6 cm³/mol. The summed E-state index contributed by atoms with van der Waals surface area (Å²) < 4.78 is 1.11. The van der Waals surface area contributed by atoms with Crippen LogP contribution in [0.2, 0.25) is 0 Å². The van der Waals surface area contributed by atoms with Gasteiger partial charge in [-0.3, -0.25) is 0 Å². The van der Waals surface area contributed by atoms with Crippen LogP contribution in [0.15, 0.2) is 53.0 Å². The lowest BCUT2D eigenvalue weighted by atomic mass is 9.98. The molecule has 2 aromatic carbocycles. The Kier molecular flexibility index (Phi) is 4.56. The molecule has 0 bridgehead atoms. The fourth-order valence-electron chi connectivity index (χ4n) is 2.07. The predicted octanol–water partition coefficient (Wildman–Crippen LogP) is 4.39. The van der Waals surface area contributed by atoms with E-state index >= 15 is 0 Å². The number of hydrogen-bond acceptors (Lipinski definition) is 1. The molecule has 1 atom stereocenters. The van der Waals surface area contributed by atoms with Gasteiger partial charge in [0.1, 0.15) is 0 Å². The molecular formula is C16H18BrN. The Morgan fingerprint density at radius 2 is 1.83 bits per heavy atom. The topological polar surface area (TPSA) is 26.0 Å². The van der Waals surface area contributed by atoms with E-state index in [4.69, 9.17) is 5.73 Å². The lowest BCUT2D eigenvalue weighted by Crippen LogP contribution is -2.12. The Morgan fingerprint density at radius 1 is 1.11 bits per heavy atom. The molecule has 2 rings (SSSR count). The highest BCUT2D eigenvalue weighted by Crippen LogP contribution is 2.26. The monoisotopic (exact) mass is 303 g/mol. The molecule has 2 heteroatoms. The van der Waals surface area contributed by atoms with Crippen molar-refractivity contribution in [2.24, 2.45) is 5.73 Å². The lowest BCUT2D eigenvalue weighted by molar-refractivity contribution is 0.648. The van der Waals surface area contributed by atoms with Crippen LogP contribution in [0.3, 0.4) is 0 Å². The first-order valence-electron chi connectivity index (χ1n) is 6.22. The maximum atomic E-state index is 6.28. The van der Waals surface area contributed by atoms with Gasteiger partial charge in [0.2, 0.25) is 0 Å². The molecule has 0 aliphatic rings. The molecule has 2 aromatic rings. The number of rotatable bonds is 4. The van der Waals surface area contributed by atoms with Gasteiger partial charge in [-0.05, 0) is 37.0 Å². The summed E-state index contributed by atoms with van der Waals surface area (Å²) in [6.07, 6.45) is 1.98. The Morgan fingerprint density at radius 3 is 2.56 bits per heavy atom. The van der Waals surface area contributed by atoms with Crippen molar-refractivity contribution in [2.45, 2.75) is 25.8 Å². The van der Waals surface area contributed by atoms with E-state index in [1.54, 1.807) is 0 Å². The molecule has 0 heterocycles. The third kappa shape index (κ3) is 3.44. The molecule has 1 nitrogen and oxygen atoms in total. The summed E-state index contributed by atoms with van der Waals surface area (Å²) in [5.41, 5.74) is 10.1. The lowest BCUT2D eigenvalue weighted by Gasteiger charge is -2.14. The number of benzene rings is 2. The van der Waals surface area contributed by atoms with Crippen LogP contribution in [0.1, 0.15) is 29.2 Å². The van der Waals surface area contributed by atoms with Gasteiger partial charge in [-0.2, -0.15) is 0 Å². The van der Waals surface area contributed by atoms with Crippen LogP contribution in [0.25, 0.3) is 0 Å². The van der Waals surface area contributed by atoms with Crippen LogP contribution in [0.4, 0.5) is 0 Å². The molecule has 0 saturated heterocycles. The summed E-state index contributed by atoms with van der Waals surface area (Å²) in [5.74, 6) is 0. The first-order chi connectivity index (χ1) is 8.66. The minimum atomic E-state index is 0.0829. The van der Waals surface area contributed by atoms with E-state index in [1.165, 1.54) is 16.7 Å². The molecule has 0 fully saturated rings. The van der Waals surface area contributed by atoms with Crippen molar-refractivity contribution in [3.63, 3.8) is 0 Å². The third-order valence-electron chi connectivity index (χ3n) is 3.14. The molecule has 94 valence electrons. The van der Waals surface area contributed by atoms with Crippen molar-refractivity contribution in [1.29, 1.82) is 0 Å². The van der Waals surface area contributed by atoms with Crippen molar-refractivity contribution >= 4 is 15.9 Å². The van der Waals surface area contributed by atoms with Crippen molar-refractivity contribution < 1.29 is 0 Å². The zero-order chi connectivity index (χ0) is 13.0. The van der Waals surface area contributed by atoms with Crippen LogP contribution in [-0.4, -0.2) is 0 Å². The maximum Gasteiger partial charge on any atom is 0.0309 e. The number of hydrogen-bond donors (Lipinski definition) is 1. The molecule has 0 aliphatic heterocycles. The minimum absolute atomic E-state index is 0.0829. The van der Waals surface area contributed by atoms with Crippen molar-refractivity contribution in [1.82, 2.24) is 0 Å². The third-order valence-corrected chi connectivity index (χ3v) is 3.86. The van der Waals surface area contributed by atoms with Gasteiger partial charge in [-0.25, -0.2) is 0 Å². The summed E-state index contributed by atoms with van der Waals surface area (Å²) >= 11 is 3.58. The van der Waals surface area contributed by atoms with Gasteiger partial charge in [0.25, 0.3) is 0 Å². The van der Waals surface area contributed by atoms with Crippen LogP contribution in [-0.2, 0) is 6.42 Å². The van der Waals surface area contributed by atoms with E-state index < -0.39 is 0 Å². The zero-order valence-electron chi connectivity index (χ0n) is 10.6. The van der Waals surface area contributed by atoms with Gasteiger partial charge in [-0.1, -0.05) is 64.0 Å². The van der Waals surface area contributed by atoms with Gasteiger partial charge in [-0.15, -0.1) is 0 Å². The van der Waals surface area contributed by atoms with E-state index in [0.29, 0.717) is 0 Å². The maximum absolute atomic E-state index is 6.28. The van der Waals surface area contributed by atoms with Crippen molar-refractivity contribution in [3.8, 4) is 0 Å². The smallest absolute Gasteiger partial charge is 0.0309 e. The van der Waals surface area contributed by atoms with Crippen LogP contribution in [0.5, 0.6) is 0 Å². The Bertz CT molecular complexity index is 508. The second-order valence-corrected chi connectivity index (χ2v) is 5.51. The Labute approximate surface area is 117 Å². The standard InChI is InChI=1S/C16H18BrN/c1-12-7-9-15(17)14(11-12)16(18)10-8-13-5-3-2-4-6-13/h2-7,9,11,16H,8,10,18H2,1H3. The van der Waals surface area contributed by atoms with Gasteiger partial charge < -0.3 is 5.73 Å². The zero-order valence-corrected chi connectivity index (χ0v) is 12.2. The molecule has 2 N–H and O–H groups in total. The van der Waals surface area contributed by atoms with Crippen molar-refractivity contribution in [2.75, 3.05) is 0 Å². The summed E-state index contributed by atoms with van der Waals surface area (Å²) in [4.78, 5) is 0. The second kappa shape index (κ2) is 6.17. The van der Waals surface area contributed by atoms with Gasteiger partial charge in [0.05, 0.1) is 0 Å². The molecule has 1 unspecified atom stereocenters. The van der Waals surface area contributed by atoms with E-state index in [2.05, 4.69) is 65.3 Å². The first kappa shape index (κ1) is 13.3. The van der Waals surface area contributed by atoms with Crippen LogP contribution in [0, 0.1) is 6.92 Å². The highest BCUT2D eigenvalue weighted by Gasteiger charge is 2.10. The molecule has 0 spiro atoms. The average Bonchev–Trinajstić information content (AvgIpc) is 2.40. The summed E-state index contributed by atoms with van der Waals surface area (Å²) in [6.45, 7) is 2.10. The van der Waals surface area contributed by atoms with Crippen molar-refractivity contribution in [3.05, 3.63) is 69.7 Å². The van der Waals surface area contributed by atoms with Crippen LogP contribution >= 0.6 is 15.9 Å². The molecule has 0 radical (unpaired) electrons. The average molecular weight is 304 g/mol. The highest BCUT2D eigenvalue weighted by atomic mass is 79.9. The highest BCUT2D eigenvalue weighted by molar-refractivity contribution is 9.10. The molecule has 0 aromatic heterocycles. The quantitative estimate of drug-likeness (QED) is 0.890. The normalized spacial score (nSPS) is 12.4. The largest absolute Gasteiger partial charge is 0.324 e. The van der Waals surface area contributed by atoms with Gasteiger partial charge >= 0.3 is 0 Å². The van der Waals surface area contributed by atoms with Gasteiger partial charge in [0, 0.05) is 10.5 Å². The number of aryl methyl sites for hydroxylation is 2. The summed E-state index contributed by atoms with van der Waals surface area (Å²) in [5, 5.41) is 0. The van der Waals surface area contributed by atoms with E-state index in [0.717, 1.165) is 17.3 Å². The van der Waals surface area contributed by atoms with E-state index in [-0.39, 0.29) is 6.04 Å². The van der Waals surface area contributed by atoms with E-state index in [1.807, 2.05) is 6.07 Å².